The highest BCUT2D eigenvalue weighted by Gasteiger charge is 2.07. The summed E-state index contributed by atoms with van der Waals surface area (Å²) in [5, 5.41) is 2.75. The van der Waals surface area contributed by atoms with Crippen LogP contribution in [0.2, 0.25) is 0 Å². The van der Waals surface area contributed by atoms with Gasteiger partial charge in [-0.3, -0.25) is 9.59 Å². The third kappa shape index (κ3) is 5.72. The molecular formula is C13H20ClN3O2. The molecule has 19 heavy (non-hydrogen) atoms. The summed E-state index contributed by atoms with van der Waals surface area (Å²) in [5.41, 5.74) is 6.61. The van der Waals surface area contributed by atoms with E-state index in [1.807, 2.05) is 0 Å². The van der Waals surface area contributed by atoms with Gasteiger partial charge < -0.3 is 16.0 Å². The monoisotopic (exact) mass is 285 g/mol. The summed E-state index contributed by atoms with van der Waals surface area (Å²) in [6.45, 7) is 0.504. The summed E-state index contributed by atoms with van der Waals surface area (Å²) < 4.78 is 0. The van der Waals surface area contributed by atoms with Gasteiger partial charge in [0.1, 0.15) is 0 Å². The third-order valence-corrected chi connectivity index (χ3v) is 2.43. The van der Waals surface area contributed by atoms with Gasteiger partial charge in [-0.15, -0.1) is 12.4 Å². The molecule has 3 N–H and O–H groups in total. The lowest BCUT2D eigenvalue weighted by Crippen LogP contribution is -2.21. The second-order valence-electron chi connectivity index (χ2n) is 4.22. The maximum absolute atomic E-state index is 11.6. The fourth-order valence-electron chi connectivity index (χ4n) is 1.44. The zero-order valence-electron chi connectivity index (χ0n) is 11.2. The normalized spacial score (nSPS) is 9.42. The number of benzene rings is 1. The van der Waals surface area contributed by atoms with E-state index in [0.29, 0.717) is 30.6 Å². The molecule has 0 heterocycles. The second-order valence-corrected chi connectivity index (χ2v) is 4.22. The van der Waals surface area contributed by atoms with E-state index >= 15 is 0 Å². The summed E-state index contributed by atoms with van der Waals surface area (Å²) in [4.78, 5) is 24.6. The highest BCUT2D eigenvalue weighted by molar-refractivity contribution is 5.95. The standard InChI is InChI=1S/C13H19N3O2.ClH/c1-16(2)13(18)10-5-7-11(8-6-10)15-12(17)4-3-9-14;/h5-8H,3-4,9,14H2,1-2H3,(H,15,17);1H. The van der Waals surface area contributed by atoms with Crippen LogP contribution in [0.25, 0.3) is 0 Å². The largest absolute Gasteiger partial charge is 0.345 e. The lowest BCUT2D eigenvalue weighted by atomic mass is 10.2. The van der Waals surface area contributed by atoms with Crippen LogP contribution in [0, 0.1) is 0 Å². The minimum absolute atomic E-state index is 0. The van der Waals surface area contributed by atoms with Crippen molar-refractivity contribution in [1.82, 2.24) is 4.90 Å². The molecule has 1 aromatic carbocycles. The Hall–Kier alpha value is -1.59. The molecule has 0 spiro atoms. The average Bonchev–Trinajstić information content (AvgIpc) is 2.36. The highest BCUT2D eigenvalue weighted by atomic mass is 35.5. The summed E-state index contributed by atoms with van der Waals surface area (Å²) in [7, 11) is 3.40. The van der Waals surface area contributed by atoms with Gasteiger partial charge in [0.25, 0.3) is 5.91 Å². The van der Waals surface area contributed by atoms with Crippen LogP contribution in [0.5, 0.6) is 0 Å². The molecule has 0 aromatic heterocycles. The summed E-state index contributed by atoms with van der Waals surface area (Å²) in [6.07, 6.45) is 1.08. The van der Waals surface area contributed by atoms with E-state index in [0.717, 1.165) is 0 Å². The van der Waals surface area contributed by atoms with E-state index in [-0.39, 0.29) is 24.2 Å². The molecule has 5 nitrogen and oxygen atoms in total. The number of amides is 2. The summed E-state index contributed by atoms with van der Waals surface area (Å²) in [6, 6.07) is 6.83. The van der Waals surface area contributed by atoms with E-state index in [1.54, 1.807) is 38.4 Å². The lowest BCUT2D eigenvalue weighted by molar-refractivity contribution is -0.116. The first-order valence-electron chi connectivity index (χ1n) is 5.86. The van der Waals surface area contributed by atoms with Crippen LogP contribution < -0.4 is 11.1 Å². The van der Waals surface area contributed by atoms with Crippen LogP contribution in [0.1, 0.15) is 23.2 Å². The van der Waals surface area contributed by atoms with Crippen LogP contribution in [0.3, 0.4) is 0 Å². The fraction of sp³-hybridized carbons (Fsp3) is 0.385. The summed E-state index contributed by atoms with van der Waals surface area (Å²) in [5.74, 6) is -0.122. The number of carbonyl (C=O) groups excluding carboxylic acids is 2. The van der Waals surface area contributed by atoms with Gasteiger partial charge in [-0.05, 0) is 37.2 Å². The van der Waals surface area contributed by atoms with Gasteiger partial charge in [-0.1, -0.05) is 0 Å². The smallest absolute Gasteiger partial charge is 0.253 e. The van der Waals surface area contributed by atoms with E-state index in [4.69, 9.17) is 5.73 Å². The molecule has 0 radical (unpaired) electrons. The highest BCUT2D eigenvalue weighted by Crippen LogP contribution is 2.11. The average molecular weight is 286 g/mol. The molecule has 0 fully saturated rings. The summed E-state index contributed by atoms with van der Waals surface area (Å²) >= 11 is 0. The quantitative estimate of drug-likeness (QED) is 0.860. The molecule has 106 valence electrons. The number of halogens is 1. The predicted octanol–water partition coefficient (Wildman–Crippen LogP) is 1.49. The van der Waals surface area contributed by atoms with Crippen LogP contribution in [-0.4, -0.2) is 37.4 Å². The number of nitrogens with zero attached hydrogens (tertiary/aromatic N) is 1. The van der Waals surface area contributed by atoms with Crippen LogP contribution in [-0.2, 0) is 4.79 Å². The second kappa shape index (κ2) is 8.50. The molecule has 0 unspecified atom stereocenters. The number of carbonyl (C=O) groups is 2. The molecule has 1 aromatic rings. The molecule has 0 saturated heterocycles. The van der Waals surface area contributed by atoms with Crippen molar-refractivity contribution in [3.8, 4) is 0 Å². The van der Waals surface area contributed by atoms with Gasteiger partial charge in [-0.25, -0.2) is 0 Å². The molecule has 0 aliphatic rings. The Morgan fingerprint density at radius 1 is 1.21 bits per heavy atom. The van der Waals surface area contributed by atoms with Gasteiger partial charge in [0.15, 0.2) is 0 Å². The van der Waals surface area contributed by atoms with Crippen molar-refractivity contribution in [1.29, 1.82) is 0 Å². The van der Waals surface area contributed by atoms with Crippen molar-refractivity contribution in [3.63, 3.8) is 0 Å². The maximum Gasteiger partial charge on any atom is 0.253 e. The Morgan fingerprint density at radius 3 is 2.26 bits per heavy atom. The number of rotatable bonds is 5. The first kappa shape index (κ1) is 17.4. The van der Waals surface area contributed by atoms with E-state index in [9.17, 15) is 9.59 Å². The number of nitrogens with one attached hydrogen (secondary N) is 1. The third-order valence-electron chi connectivity index (χ3n) is 2.43. The molecule has 6 heteroatoms. The lowest BCUT2D eigenvalue weighted by Gasteiger charge is -2.10. The number of hydrogen-bond donors (Lipinski definition) is 2. The first-order chi connectivity index (χ1) is 8.54. The minimum atomic E-state index is -0.0628. The SMILES string of the molecule is CN(C)C(=O)c1ccc(NC(=O)CCCN)cc1.Cl. The van der Waals surface area contributed by atoms with Gasteiger partial charge in [0.05, 0.1) is 0 Å². The first-order valence-corrected chi connectivity index (χ1v) is 5.86. The van der Waals surface area contributed by atoms with E-state index in [2.05, 4.69) is 5.32 Å². The molecule has 0 aliphatic heterocycles. The molecule has 0 atom stereocenters. The number of anilines is 1. The maximum atomic E-state index is 11.6. The Morgan fingerprint density at radius 2 is 1.79 bits per heavy atom. The molecule has 0 bridgehead atoms. The minimum Gasteiger partial charge on any atom is -0.345 e. The van der Waals surface area contributed by atoms with Gasteiger partial charge in [0.2, 0.25) is 5.91 Å². The van der Waals surface area contributed by atoms with E-state index < -0.39 is 0 Å². The van der Waals surface area contributed by atoms with E-state index in [1.165, 1.54) is 4.90 Å². The molecular weight excluding hydrogens is 266 g/mol. The molecule has 2 amide bonds. The van der Waals surface area contributed by atoms with Crippen molar-refractivity contribution in [3.05, 3.63) is 29.8 Å². The van der Waals surface area contributed by atoms with Crippen molar-refractivity contribution in [2.75, 3.05) is 26.0 Å². The Kier molecular flexibility index (Phi) is 7.79. The zero-order chi connectivity index (χ0) is 13.5. The van der Waals surface area contributed by atoms with Crippen molar-refractivity contribution >= 4 is 29.9 Å². The molecule has 0 saturated carbocycles. The van der Waals surface area contributed by atoms with Crippen LogP contribution >= 0.6 is 12.4 Å². The van der Waals surface area contributed by atoms with Crippen LogP contribution in [0.15, 0.2) is 24.3 Å². The number of hydrogen-bond acceptors (Lipinski definition) is 3. The van der Waals surface area contributed by atoms with Gasteiger partial charge >= 0.3 is 0 Å². The Labute approximate surface area is 119 Å². The molecule has 0 aliphatic carbocycles. The van der Waals surface area contributed by atoms with Crippen molar-refractivity contribution in [2.24, 2.45) is 5.73 Å². The number of nitrogens with two attached hydrogens (primary N) is 1. The Balaban J connectivity index is 0.00000324. The molecule has 1 rings (SSSR count). The fourth-order valence-corrected chi connectivity index (χ4v) is 1.44. The zero-order valence-corrected chi connectivity index (χ0v) is 12.0. The van der Waals surface area contributed by atoms with Gasteiger partial charge in [0, 0.05) is 31.8 Å². The topological polar surface area (TPSA) is 75.4 Å². The predicted molar refractivity (Wildman–Crippen MR) is 78.6 cm³/mol. The van der Waals surface area contributed by atoms with Crippen molar-refractivity contribution in [2.45, 2.75) is 12.8 Å². The van der Waals surface area contributed by atoms with Gasteiger partial charge in [-0.2, -0.15) is 0 Å². The van der Waals surface area contributed by atoms with Crippen molar-refractivity contribution < 1.29 is 9.59 Å². The Bertz CT molecular complexity index is 418. The van der Waals surface area contributed by atoms with Crippen LogP contribution in [0.4, 0.5) is 5.69 Å².